The molecule has 0 aliphatic carbocycles. The number of aromatic hydroxyl groups is 1. The summed E-state index contributed by atoms with van der Waals surface area (Å²) in [5, 5.41) is 11.1. The number of halogens is 2. The van der Waals surface area contributed by atoms with E-state index in [0.29, 0.717) is 59.0 Å². The molecule has 3 aromatic heterocycles. The van der Waals surface area contributed by atoms with Crippen molar-refractivity contribution in [2.24, 2.45) is 0 Å². The number of ether oxygens (including phenoxy) is 1. The molecule has 186 valence electrons. The van der Waals surface area contributed by atoms with Crippen molar-refractivity contribution in [3.8, 4) is 16.5 Å². The fourth-order valence-corrected chi connectivity index (χ4v) is 5.60. The molecule has 4 heterocycles. The lowest BCUT2D eigenvalue weighted by molar-refractivity contribution is 0.0987. The van der Waals surface area contributed by atoms with Gasteiger partial charge in [0.1, 0.15) is 16.5 Å². The number of ketones is 1. The average molecular weight is 573 g/mol. The first-order valence-electron chi connectivity index (χ1n) is 11.4. The number of carbonyl (C=O) groups is 1. The Morgan fingerprint density at radius 3 is 2.81 bits per heavy atom. The van der Waals surface area contributed by atoms with Crippen LogP contribution in [0, 0.1) is 5.82 Å². The molecule has 11 heteroatoms. The van der Waals surface area contributed by atoms with Gasteiger partial charge in [-0.25, -0.2) is 14.4 Å². The van der Waals surface area contributed by atoms with Crippen LogP contribution in [0.4, 0.5) is 10.1 Å². The third-order valence-electron chi connectivity index (χ3n) is 6.03. The zero-order valence-corrected chi connectivity index (χ0v) is 21.7. The van der Waals surface area contributed by atoms with Crippen molar-refractivity contribution in [1.82, 2.24) is 14.4 Å². The maximum Gasteiger partial charge on any atom is 0.300 e. The van der Waals surface area contributed by atoms with E-state index in [9.17, 15) is 19.1 Å². The Hall–Kier alpha value is -3.15. The Morgan fingerprint density at radius 2 is 2.06 bits per heavy atom. The van der Waals surface area contributed by atoms with E-state index < -0.39 is 17.1 Å². The summed E-state index contributed by atoms with van der Waals surface area (Å²) in [5.41, 5.74) is 1.69. The minimum Gasteiger partial charge on any atom is -0.501 e. The monoisotopic (exact) mass is 572 g/mol. The molecule has 4 aromatic rings. The van der Waals surface area contributed by atoms with Crippen molar-refractivity contribution >= 4 is 44.4 Å². The van der Waals surface area contributed by atoms with E-state index in [0.717, 1.165) is 10.6 Å². The molecule has 0 radical (unpaired) electrons. The van der Waals surface area contributed by atoms with E-state index in [1.54, 1.807) is 25.4 Å². The number of benzene rings is 1. The Balaban J connectivity index is 1.51. The zero-order chi connectivity index (χ0) is 25.4. The molecular weight excluding hydrogens is 551 g/mol. The molecule has 1 aromatic carbocycles. The van der Waals surface area contributed by atoms with Crippen LogP contribution in [0.25, 0.3) is 16.3 Å². The smallest absolute Gasteiger partial charge is 0.300 e. The van der Waals surface area contributed by atoms with E-state index in [4.69, 9.17) is 4.74 Å². The molecule has 1 N–H and O–H groups in total. The fraction of sp³-hybridized carbons (Fsp3) is 0.280. The third-order valence-corrected chi connectivity index (χ3v) is 7.62. The highest BCUT2D eigenvalue weighted by molar-refractivity contribution is 9.10. The van der Waals surface area contributed by atoms with E-state index in [-0.39, 0.29) is 17.9 Å². The summed E-state index contributed by atoms with van der Waals surface area (Å²) in [4.78, 5) is 37.2. The van der Waals surface area contributed by atoms with Crippen LogP contribution in [0.5, 0.6) is 5.75 Å². The first-order valence-corrected chi connectivity index (χ1v) is 13.0. The van der Waals surface area contributed by atoms with Gasteiger partial charge in [0, 0.05) is 48.8 Å². The Kier molecular flexibility index (Phi) is 6.87. The van der Waals surface area contributed by atoms with Crippen LogP contribution < -0.4 is 10.5 Å². The van der Waals surface area contributed by atoms with Gasteiger partial charge in [-0.15, -0.1) is 11.3 Å². The lowest BCUT2D eigenvalue weighted by Crippen LogP contribution is -2.36. The number of rotatable bonds is 6. The SMILES string of the molecule is CCC(=O)c1cc(F)ccc1Cc1cnc(-c2nc3c(Br)cc(N4CCOCC4)cn3c(=O)c2O)s1. The summed E-state index contributed by atoms with van der Waals surface area (Å²) in [6.45, 7) is 4.34. The van der Waals surface area contributed by atoms with Crippen LogP contribution in [0.15, 0.2) is 45.9 Å². The van der Waals surface area contributed by atoms with Gasteiger partial charge < -0.3 is 14.7 Å². The molecule has 0 atom stereocenters. The van der Waals surface area contributed by atoms with Crippen LogP contribution in [-0.2, 0) is 11.2 Å². The summed E-state index contributed by atoms with van der Waals surface area (Å²) in [6.07, 6.45) is 3.91. The third kappa shape index (κ3) is 4.65. The molecule has 1 aliphatic rings. The lowest BCUT2D eigenvalue weighted by atomic mass is 9.99. The van der Waals surface area contributed by atoms with E-state index >= 15 is 0 Å². The minimum absolute atomic E-state index is 0.0834. The van der Waals surface area contributed by atoms with Gasteiger partial charge in [-0.1, -0.05) is 13.0 Å². The number of nitrogens with zero attached hydrogens (tertiary/aromatic N) is 4. The lowest BCUT2D eigenvalue weighted by Gasteiger charge is -2.29. The van der Waals surface area contributed by atoms with Gasteiger partial charge in [0.2, 0.25) is 5.75 Å². The second kappa shape index (κ2) is 10.1. The standard InChI is InChI=1S/C25H22BrFN4O4S/c1-2-20(32)18-10-15(27)4-3-14(18)9-17-12-28-24(36-17)21-22(33)25(34)31-13-16(11-19(26)23(31)29-21)30-5-7-35-8-6-30/h3-4,10-13,33H,2,5-9H2,1H3. The number of hydrogen-bond acceptors (Lipinski definition) is 8. The molecule has 1 fully saturated rings. The van der Waals surface area contributed by atoms with Gasteiger partial charge >= 0.3 is 5.56 Å². The largest absolute Gasteiger partial charge is 0.501 e. The van der Waals surface area contributed by atoms with Crippen molar-refractivity contribution in [3.63, 3.8) is 0 Å². The summed E-state index contributed by atoms with van der Waals surface area (Å²) >= 11 is 4.77. The van der Waals surface area contributed by atoms with Crippen molar-refractivity contribution in [3.05, 3.63) is 73.3 Å². The summed E-state index contributed by atoms with van der Waals surface area (Å²) in [7, 11) is 0. The normalized spacial score (nSPS) is 13.9. The van der Waals surface area contributed by atoms with Crippen LogP contribution in [0.3, 0.4) is 0 Å². The van der Waals surface area contributed by atoms with Crippen molar-refractivity contribution < 1.29 is 19.0 Å². The van der Waals surface area contributed by atoms with E-state index in [1.165, 1.54) is 27.9 Å². The molecule has 36 heavy (non-hydrogen) atoms. The highest BCUT2D eigenvalue weighted by Crippen LogP contribution is 2.33. The highest BCUT2D eigenvalue weighted by Gasteiger charge is 2.21. The number of hydrogen-bond donors (Lipinski definition) is 1. The maximum absolute atomic E-state index is 13.7. The topological polar surface area (TPSA) is 97.0 Å². The van der Waals surface area contributed by atoms with Gasteiger partial charge in [-0.05, 0) is 39.7 Å². The predicted octanol–water partition coefficient (Wildman–Crippen LogP) is 4.45. The first kappa shape index (κ1) is 24.5. The van der Waals surface area contributed by atoms with Gasteiger partial charge in [-0.2, -0.15) is 0 Å². The van der Waals surface area contributed by atoms with Crippen LogP contribution in [0.2, 0.25) is 0 Å². The molecule has 0 amide bonds. The fourth-order valence-electron chi connectivity index (χ4n) is 4.16. The Bertz CT molecular complexity index is 1530. The molecule has 0 spiro atoms. The molecular formula is C25H22BrFN4O4S. The molecule has 0 saturated carbocycles. The van der Waals surface area contributed by atoms with Gasteiger partial charge in [0.25, 0.3) is 0 Å². The van der Waals surface area contributed by atoms with Crippen molar-refractivity contribution in [1.29, 1.82) is 0 Å². The number of anilines is 1. The van der Waals surface area contributed by atoms with E-state index in [1.807, 2.05) is 6.07 Å². The number of carbonyl (C=O) groups excluding carboxylic acids is 1. The predicted molar refractivity (Wildman–Crippen MR) is 139 cm³/mol. The highest BCUT2D eigenvalue weighted by atomic mass is 79.9. The van der Waals surface area contributed by atoms with Crippen LogP contribution >= 0.6 is 27.3 Å². The second-order valence-electron chi connectivity index (χ2n) is 8.34. The second-order valence-corrected chi connectivity index (χ2v) is 10.3. The number of Topliss-reactive ketones (excluding diaryl/α,β-unsaturated/α-hetero) is 1. The van der Waals surface area contributed by atoms with Gasteiger partial charge in [-0.3, -0.25) is 14.0 Å². The summed E-state index contributed by atoms with van der Waals surface area (Å²) in [6, 6.07) is 6.06. The van der Waals surface area contributed by atoms with Crippen LogP contribution in [-0.4, -0.2) is 51.6 Å². The van der Waals surface area contributed by atoms with Gasteiger partial charge in [0.05, 0.1) is 23.4 Å². The summed E-state index contributed by atoms with van der Waals surface area (Å²) in [5.74, 6) is -1.10. The molecule has 1 saturated heterocycles. The van der Waals surface area contributed by atoms with Crippen LogP contribution in [0.1, 0.15) is 34.1 Å². The molecule has 8 nitrogen and oxygen atoms in total. The first-order chi connectivity index (χ1) is 17.4. The number of fused-ring (bicyclic) bond motifs is 1. The zero-order valence-electron chi connectivity index (χ0n) is 19.3. The molecule has 1 aliphatic heterocycles. The summed E-state index contributed by atoms with van der Waals surface area (Å²) < 4.78 is 21.1. The molecule has 5 rings (SSSR count). The number of aromatic nitrogens is 3. The number of morpholine rings is 1. The maximum atomic E-state index is 13.7. The average Bonchev–Trinajstić information content (AvgIpc) is 3.35. The van der Waals surface area contributed by atoms with E-state index in [2.05, 4.69) is 30.8 Å². The Labute approximate surface area is 218 Å². The number of thiazole rings is 1. The van der Waals surface area contributed by atoms with Crippen molar-refractivity contribution in [2.45, 2.75) is 19.8 Å². The quantitative estimate of drug-likeness (QED) is 0.341. The van der Waals surface area contributed by atoms with Crippen molar-refractivity contribution in [2.75, 3.05) is 31.2 Å². The Morgan fingerprint density at radius 1 is 1.28 bits per heavy atom. The molecule has 0 bridgehead atoms. The van der Waals surface area contributed by atoms with Gasteiger partial charge in [0.15, 0.2) is 11.4 Å². The molecule has 0 unspecified atom stereocenters. The number of pyridine rings is 1. The minimum atomic E-state index is -0.600.